The summed E-state index contributed by atoms with van der Waals surface area (Å²) in [4.78, 5) is 24.6. The molecular formula is C19H23ClF2N4O4. The number of aromatic nitrogens is 2. The minimum atomic E-state index is -1.17. The summed E-state index contributed by atoms with van der Waals surface area (Å²) in [6.07, 6.45) is 6.22. The Morgan fingerprint density at radius 1 is 1.27 bits per heavy atom. The number of aromatic amines is 1. The number of halogens is 3. The van der Waals surface area contributed by atoms with Crippen molar-refractivity contribution in [2.24, 2.45) is 0 Å². The Kier molecular flexibility index (Phi) is 9.15. The van der Waals surface area contributed by atoms with Crippen LogP contribution in [0.3, 0.4) is 0 Å². The quantitative estimate of drug-likeness (QED) is 0.417. The van der Waals surface area contributed by atoms with E-state index in [2.05, 4.69) is 25.6 Å². The van der Waals surface area contributed by atoms with Crippen molar-refractivity contribution in [3.63, 3.8) is 0 Å². The molecule has 1 aliphatic rings. The highest BCUT2D eigenvalue weighted by Gasteiger charge is 2.24. The smallest absolute Gasteiger partial charge is 0.271 e. The van der Waals surface area contributed by atoms with Crippen LogP contribution in [0.1, 0.15) is 53.0 Å². The van der Waals surface area contributed by atoms with Crippen LogP contribution in [0.15, 0.2) is 18.3 Å². The Morgan fingerprint density at radius 2 is 1.93 bits per heavy atom. The lowest BCUT2D eigenvalue weighted by atomic mass is 9.95. The number of anilines is 1. The summed E-state index contributed by atoms with van der Waals surface area (Å²) in [6, 6.07) is 1.97. The monoisotopic (exact) mass is 444 g/mol. The number of aliphatic hydroxyl groups excluding tert-OH is 1. The molecule has 11 heteroatoms. The summed E-state index contributed by atoms with van der Waals surface area (Å²) in [5.41, 5.74) is -0.772. The number of rotatable bonds is 5. The van der Waals surface area contributed by atoms with Crippen molar-refractivity contribution < 1.29 is 28.2 Å². The maximum atomic E-state index is 14.0. The van der Waals surface area contributed by atoms with E-state index in [0.717, 1.165) is 44.2 Å². The van der Waals surface area contributed by atoms with Gasteiger partial charge in [-0.3, -0.25) is 14.7 Å². The van der Waals surface area contributed by atoms with Crippen molar-refractivity contribution in [1.29, 1.82) is 0 Å². The van der Waals surface area contributed by atoms with Crippen LogP contribution in [-0.4, -0.2) is 47.1 Å². The number of aliphatic hydroxyl groups is 1. The van der Waals surface area contributed by atoms with Gasteiger partial charge in [0.2, 0.25) is 0 Å². The molecule has 0 aliphatic heterocycles. The minimum absolute atomic E-state index is 0.0202. The number of carbonyl (C=O) groups is 2. The first-order valence-electron chi connectivity index (χ1n) is 9.27. The highest BCUT2D eigenvalue weighted by atomic mass is 35.5. The Labute approximate surface area is 177 Å². The second kappa shape index (κ2) is 11.6. The third-order valence-electron chi connectivity index (χ3n) is 4.46. The molecule has 0 atom stereocenters. The highest BCUT2D eigenvalue weighted by molar-refractivity contribution is 6.31. The van der Waals surface area contributed by atoms with E-state index in [1.54, 1.807) is 0 Å². The molecule has 1 heterocycles. The molecule has 2 aromatic rings. The molecule has 0 spiro atoms. The molecule has 0 unspecified atom stereocenters. The fraction of sp³-hybridized carbons (Fsp3) is 0.421. The SMILES string of the molecule is COCO.O=C(NC1CCCCC1)c1[nH]ncc1NC(=O)c1c(F)ccc(Cl)c1F. The van der Waals surface area contributed by atoms with Crippen molar-refractivity contribution in [2.75, 3.05) is 19.2 Å². The van der Waals surface area contributed by atoms with Gasteiger partial charge >= 0.3 is 0 Å². The summed E-state index contributed by atoms with van der Waals surface area (Å²) >= 11 is 5.60. The zero-order valence-electron chi connectivity index (χ0n) is 16.3. The highest BCUT2D eigenvalue weighted by Crippen LogP contribution is 2.23. The number of methoxy groups -OCH3 is 1. The Balaban J connectivity index is 0.000000735. The maximum Gasteiger partial charge on any atom is 0.271 e. The molecule has 1 fully saturated rings. The number of carbonyl (C=O) groups excluding carboxylic acids is 2. The summed E-state index contributed by atoms with van der Waals surface area (Å²) in [5.74, 6) is -3.71. The summed E-state index contributed by atoms with van der Waals surface area (Å²) in [6.45, 7) is -0.181. The van der Waals surface area contributed by atoms with Gasteiger partial charge in [-0.25, -0.2) is 8.78 Å². The first-order valence-corrected chi connectivity index (χ1v) is 9.65. The van der Waals surface area contributed by atoms with Crippen LogP contribution in [0.25, 0.3) is 0 Å². The van der Waals surface area contributed by atoms with Gasteiger partial charge in [0.15, 0.2) is 5.82 Å². The Morgan fingerprint density at radius 3 is 2.57 bits per heavy atom. The van der Waals surface area contributed by atoms with Gasteiger partial charge in [0.1, 0.15) is 23.9 Å². The molecule has 1 aromatic heterocycles. The fourth-order valence-corrected chi connectivity index (χ4v) is 3.14. The Bertz CT molecular complexity index is 870. The van der Waals surface area contributed by atoms with Crippen molar-refractivity contribution in [2.45, 2.75) is 38.1 Å². The van der Waals surface area contributed by atoms with Crippen molar-refractivity contribution in [1.82, 2.24) is 15.5 Å². The number of nitrogens with one attached hydrogen (secondary N) is 3. The van der Waals surface area contributed by atoms with E-state index in [9.17, 15) is 18.4 Å². The topological polar surface area (TPSA) is 116 Å². The minimum Gasteiger partial charge on any atom is -0.371 e. The molecule has 0 saturated heterocycles. The normalized spacial score (nSPS) is 13.9. The lowest BCUT2D eigenvalue weighted by Crippen LogP contribution is -2.36. The van der Waals surface area contributed by atoms with Gasteiger partial charge in [0.05, 0.1) is 16.9 Å². The number of benzene rings is 1. The van der Waals surface area contributed by atoms with E-state index < -0.39 is 29.0 Å². The van der Waals surface area contributed by atoms with Gasteiger partial charge in [-0.05, 0) is 25.0 Å². The van der Waals surface area contributed by atoms with E-state index >= 15 is 0 Å². The van der Waals surface area contributed by atoms with Gasteiger partial charge in [0, 0.05) is 13.2 Å². The maximum absolute atomic E-state index is 14.0. The average molecular weight is 445 g/mol. The van der Waals surface area contributed by atoms with Crippen molar-refractivity contribution in [3.05, 3.63) is 46.2 Å². The number of hydrogen-bond acceptors (Lipinski definition) is 5. The number of hydrogen-bond donors (Lipinski definition) is 4. The summed E-state index contributed by atoms with van der Waals surface area (Å²) in [5, 5.41) is 18.7. The zero-order chi connectivity index (χ0) is 22.1. The second-order valence-corrected chi connectivity index (χ2v) is 6.96. The molecule has 3 rings (SSSR count). The number of amides is 2. The van der Waals surface area contributed by atoms with Crippen LogP contribution in [0.2, 0.25) is 5.02 Å². The standard InChI is InChI=1S/C17H17ClF2N4O2.C2H6O2/c18-10-6-7-11(19)13(14(10)20)16(25)23-12-8-21-24-15(12)17(26)22-9-4-2-1-3-5-9;1-4-2-3/h6-9H,1-5H2,(H,21,24)(H,22,26)(H,23,25);3H,2H2,1H3. The molecule has 30 heavy (non-hydrogen) atoms. The van der Waals surface area contributed by atoms with E-state index in [0.29, 0.717) is 0 Å². The predicted octanol–water partition coefficient (Wildman–Crippen LogP) is 3.24. The van der Waals surface area contributed by atoms with Gasteiger partial charge in [-0.15, -0.1) is 0 Å². The van der Waals surface area contributed by atoms with E-state index in [1.165, 1.54) is 13.3 Å². The second-order valence-electron chi connectivity index (χ2n) is 6.56. The van der Waals surface area contributed by atoms with Crippen LogP contribution in [0.5, 0.6) is 0 Å². The van der Waals surface area contributed by atoms with Crippen LogP contribution in [0, 0.1) is 11.6 Å². The third kappa shape index (κ3) is 6.22. The first kappa shape index (κ1) is 23.7. The molecule has 2 amide bonds. The third-order valence-corrected chi connectivity index (χ3v) is 4.75. The van der Waals surface area contributed by atoms with Gasteiger partial charge in [-0.1, -0.05) is 30.9 Å². The number of ether oxygens (including phenoxy) is 1. The predicted molar refractivity (Wildman–Crippen MR) is 106 cm³/mol. The number of H-pyrrole nitrogens is 1. The number of nitrogens with zero attached hydrogens (tertiary/aromatic N) is 1. The molecule has 1 aromatic carbocycles. The molecule has 0 bridgehead atoms. The van der Waals surface area contributed by atoms with Crippen LogP contribution in [-0.2, 0) is 4.74 Å². The molecule has 0 radical (unpaired) electrons. The largest absolute Gasteiger partial charge is 0.371 e. The molecule has 164 valence electrons. The van der Waals surface area contributed by atoms with Gasteiger partial charge < -0.3 is 20.5 Å². The lowest BCUT2D eigenvalue weighted by molar-refractivity contribution is 0.0325. The van der Waals surface area contributed by atoms with E-state index in [1.807, 2.05) is 0 Å². The van der Waals surface area contributed by atoms with Crippen LogP contribution in [0.4, 0.5) is 14.5 Å². The molecule has 1 saturated carbocycles. The van der Waals surface area contributed by atoms with Crippen LogP contribution >= 0.6 is 11.6 Å². The average Bonchev–Trinajstić information content (AvgIpc) is 3.20. The molecule has 8 nitrogen and oxygen atoms in total. The lowest BCUT2D eigenvalue weighted by Gasteiger charge is -2.22. The van der Waals surface area contributed by atoms with Crippen molar-refractivity contribution >= 4 is 29.1 Å². The molecule has 4 N–H and O–H groups in total. The molecule has 1 aliphatic carbocycles. The summed E-state index contributed by atoms with van der Waals surface area (Å²) in [7, 11) is 1.43. The van der Waals surface area contributed by atoms with Crippen molar-refractivity contribution in [3.8, 4) is 0 Å². The zero-order valence-corrected chi connectivity index (χ0v) is 17.1. The van der Waals surface area contributed by atoms with Gasteiger partial charge in [-0.2, -0.15) is 5.10 Å². The fourth-order valence-electron chi connectivity index (χ4n) is 2.98. The van der Waals surface area contributed by atoms with E-state index in [-0.39, 0.29) is 29.2 Å². The molecular weight excluding hydrogens is 422 g/mol. The van der Waals surface area contributed by atoms with Crippen LogP contribution < -0.4 is 10.6 Å². The first-order chi connectivity index (χ1) is 14.4. The van der Waals surface area contributed by atoms with E-state index in [4.69, 9.17) is 16.7 Å². The Hall–Kier alpha value is -2.56. The summed E-state index contributed by atoms with van der Waals surface area (Å²) < 4.78 is 31.9. The van der Waals surface area contributed by atoms with Gasteiger partial charge in [0.25, 0.3) is 11.8 Å².